The summed E-state index contributed by atoms with van der Waals surface area (Å²) in [7, 11) is -1.48. The average Bonchev–Trinajstić information content (AvgIpc) is 2.49. The van der Waals surface area contributed by atoms with Gasteiger partial charge in [-0.25, -0.2) is 9.35 Å². The fourth-order valence-corrected chi connectivity index (χ4v) is 2.10. The Morgan fingerprint density at radius 2 is 2.25 bits per heavy atom. The van der Waals surface area contributed by atoms with E-state index in [0.29, 0.717) is 10.4 Å². The average molecular weight is 199 g/mol. The summed E-state index contributed by atoms with van der Waals surface area (Å²) in [6.45, 7) is 0. The molecule has 0 spiro atoms. The molecule has 2 N–H and O–H groups in total. The highest BCUT2D eigenvalue weighted by atomic mass is 32.2. The van der Waals surface area contributed by atoms with Crippen LogP contribution >= 0.6 is 11.7 Å². The molecule has 0 saturated heterocycles. The Hall–Kier alpha value is -0.850. The summed E-state index contributed by atoms with van der Waals surface area (Å²) >= 11 is 1.09. The number of nitrogens with zero attached hydrogens (tertiary/aromatic N) is 2. The molecule has 1 aromatic carbocycles. The molecule has 0 amide bonds. The van der Waals surface area contributed by atoms with Gasteiger partial charge < -0.3 is 0 Å². The van der Waals surface area contributed by atoms with Crippen molar-refractivity contribution in [3.63, 3.8) is 0 Å². The van der Waals surface area contributed by atoms with Crippen LogP contribution in [0.4, 0.5) is 0 Å². The van der Waals surface area contributed by atoms with Crippen LogP contribution in [0, 0.1) is 0 Å². The van der Waals surface area contributed by atoms with Crippen molar-refractivity contribution >= 4 is 33.7 Å². The van der Waals surface area contributed by atoms with Gasteiger partial charge in [0, 0.05) is 0 Å². The maximum Gasteiger partial charge on any atom is 0.124 e. The van der Waals surface area contributed by atoms with E-state index in [0.717, 1.165) is 17.2 Å². The van der Waals surface area contributed by atoms with Crippen LogP contribution in [0.3, 0.4) is 0 Å². The van der Waals surface area contributed by atoms with Gasteiger partial charge in [0.05, 0.1) is 16.6 Å². The van der Waals surface area contributed by atoms with Gasteiger partial charge in [-0.2, -0.15) is 8.75 Å². The fourth-order valence-electron chi connectivity index (χ4n) is 0.944. The van der Waals surface area contributed by atoms with Gasteiger partial charge in [0.2, 0.25) is 0 Å². The van der Waals surface area contributed by atoms with Crippen LogP contribution in [0.15, 0.2) is 23.1 Å². The largest absolute Gasteiger partial charge is 0.248 e. The number of fused-ring (bicyclic) bond motifs is 1. The van der Waals surface area contributed by atoms with Gasteiger partial charge in [-0.1, -0.05) is 6.07 Å². The van der Waals surface area contributed by atoms with Gasteiger partial charge in [0.1, 0.15) is 22.0 Å². The Labute approximate surface area is 75.3 Å². The fraction of sp³-hybridized carbons (Fsp3) is 0. The third-order valence-electron chi connectivity index (χ3n) is 1.47. The number of aromatic nitrogens is 2. The Kier molecular flexibility index (Phi) is 1.87. The molecule has 12 heavy (non-hydrogen) atoms. The summed E-state index contributed by atoms with van der Waals surface area (Å²) in [5, 5.41) is 5.25. The Bertz CT molecular complexity index is 439. The molecule has 0 aliphatic rings. The molecular formula is C6H5N3OS2. The zero-order valence-corrected chi connectivity index (χ0v) is 7.56. The first-order valence-corrected chi connectivity index (χ1v) is 5.11. The summed E-state index contributed by atoms with van der Waals surface area (Å²) in [5.74, 6) is 0. The molecule has 0 aliphatic carbocycles. The predicted molar refractivity (Wildman–Crippen MR) is 48.0 cm³/mol. The molecule has 0 saturated carbocycles. The second kappa shape index (κ2) is 2.89. The molecule has 4 nitrogen and oxygen atoms in total. The number of hydrogen-bond acceptors (Lipinski definition) is 4. The van der Waals surface area contributed by atoms with Crippen molar-refractivity contribution in [3.05, 3.63) is 18.2 Å². The van der Waals surface area contributed by atoms with E-state index in [1.165, 1.54) is 0 Å². The topological polar surface area (TPSA) is 68.9 Å². The molecule has 0 fully saturated rings. The van der Waals surface area contributed by atoms with E-state index in [1.807, 2.05) is 6.07 Å². The van der Waals surface area contributed by atoms with E-state index in [4.69, 9.17) is 5.14 Å². The van der Waals surface area contributed by atoms with Gasteiger partial charge in [-0.3, -0.25) is 0 Å². The number of hydrogen-bond donors (Lipinski definition) is 1. The SMILES string of the molecule is NS(=O)c1cccc2nsnc12. The Morgan fingerprint density at radius 3 is 3.00 bits per heavy atom. The van der Waals surface area contributed by atoms with Crippen LogP contribution < -0.4 is 5.14 Å². The summed E-state index contributed by atoms with van der Waals surface area (Å²) in [4.78, 5) is 0.543. The number of benzene rings is 1. The van der Waals surface area contributed by atoms with Gasteiger partial charge >= 0.3 is 0 Å². The van der Waals surface area contributed by atoms with E-state index in [1.54, 1.807) is 12.1 Å². The van der Waals surface area contributed by atoms with Gasteiger partial charge in [-0.15, -0.1) is 0 Å². The van der Waals surface area contributed by atoms with Crippen molar-refractivity contribution in [1.29, 1.82) is 0 Å². The molecule has 1 heterocycles. The van der Waals surface area contributed by atoms with Crippen molar-refractivity contribution < 1.29 is 4.21 Å². The van der Waals surface area contributed by atoms with E-state index in [2.05, 4.69) is 8.75 Å². The van der Waals surface area contributed by atoms with Crippen molar-refractivity contribution in [2.45, 2.75) is 4.90 Å². The normalized spacial score (nSPS) is 13.4. The van der Waals surface area contributed by atoms with Crippen molar-refractivity contribution in [1.82, 2.24) is 8.75 Å². The maximum atomic E-state index is 11.0. The molecule has 0 radical (unpaired) electrons. The van der Waals surface area contributed by atoms with E-state index >= 15 is 0 Å². The van der Waals surface area contributed by atoms with Crippen molar-refractivity contribution in [2.24, 2.45) is 5.14 Å². The minimum absolute atomic E-state index is 0.543. The van der Waals surface area contributed by atoms with Crippen LogP contribution in [0.1, 0.15) is 0 Å². The zero-order chi connectivity index (χ0) is 8.55. The first-order chi connectivity index (χ1) is 5.79. The standard InChI is InChI=1S/C6H5N3OS2/c7-12(10)5-3-1-2-4-6(5)9-11-8-4/h1-3H,7H2. The van der Waals surface area contributed by atoms with Crippen molar-refractivity contribution in [3.8, 4) is 0 Å². The van der Waals surface area contributed by atoms with Gasteiger partial charge in [0.25, 0.3) is 0 Å². The molecule has 0 bridgehead atoms. The minimum Gasteiger partial charge on any atom is -0.248 e. The lowest BCUT2D eigenvalue weighted by Gasteiger charge is -1.94. The summed E-state index contributed by atoms with van der Waals surface area (Å²) in [6, 6.07) is 5.28. The molecule has 0 aliphatic heterocycles. The number of rotatable bonds is 1. The van der Waals surface area contributed by atoms with E-state index < -0.39 is 11.0 Å². The Balaban J connectivity index is 2.82. The highest BCUT2D eigenvalue weighted by Gasteiger charge is 2.07. The van der Waals surface area contributed by atoms with Crippen LogP contribution in [-0.4, -0.2) is 13.0 Å². The van der Waals surface area contributed by atoms with Crippen molar-refractivity contribution in [2.75, 3.05) is 0 Å². The second-order valence-corrected chi connectivity index (χ2v) is 3.75. The maximum absolute atomic E-state index is 11.0. The van der Waals surface area contributed by atoms with Crippen LogP contribution in [-0.2, 0) is 11.0 Å². The highest BCUT2D eigenvalue weighted by molar-refractivity contribution is 7.83. The Morgan fingerprint density at radius 1 is 1.42 bits per heavy atom. The molecule has 6 heteroatoms. The summed E-state index contributed by atoms with van der Waals surface area (Å²) in [5.41, 5.74) is 1.39. The molecule has 1 aromatic heterocycles. The third-order valence-corrected chi connectivity index (χ3v) is 2.77. The molecule has 1 unspecified atom stereocenters. The van der Waals surface area contributed by atoms with Gasteiger partial charge in [-0.05, 0) is 12.1 Å². The molecule has 2 rings (SSSR count). The lowest BCUT2D eigenvalue weighted by atomic mass is 10.3. The van der Waals surface area contributed by atoms with Crippen LogP contribution in [0.2, 0.25) is 0 Å². The summed E-state index contributed by atoms with van der Waals surface area (Å²) in [6.07, 6.45) is 0. The lowest BCUT2D eigenvalue weighted by molar-refractivity contribution is 0.685. The van der Waals surface area contributed by atoms with Gasteiger partial charge in [0.15, 0.2) is 0 Å². The first-order valence-electron chi connectivity index (χ1n) is 3.16. The molecule has 62 valence electrons. The predicted octanol–water partition coefficient (Wildman–Crippen LogP) is 0.673. The lowest BCUT2D eigenvalue weighted by Crippen LogP contribution is -2.02. The van der Waals surface area contributed by atoms with Crippen LogP contribution in [0.25, 0.3) is 11.0 Å². The minimum atomic E-state index is -1.48. The third kappa shape index (κ3) is 1.13. The molecule has 2 aromatic rings. The smallest absolute Gasteiger partial charge is 0.124 e. The quantitative estimate of drug-likeness (QED) is 0.734. The summed E-state index contributed by atoms with van der Waals surface area (Å²) < 4.78 is 19.0. The monoisotopic (exact) mass is 199 g/mol. The van der Waals surface area contributed by atoms with E-state index in [-0.39, 0.29) is 0 Å². The highest BCUT2D eigenvalue weighted by Crippen LogP contribution is 2.17. The molecule has 1 atom stereocenters. The first kappa shape index (κ1) is 7.78. The van der Waals surface area contributed by atoms with Crippen LogP contribution in [0.5, 0.6) is 0 Å². The number of nitrogens with two attached hydrogens (primary N) is 1. The van der Waals surface area contributed by atoms with E-state index in [9.17, 15) is 4.21 Å². The molecular weight excluding hydrogens is 194 g/mol. The zero-order valence-electron chi connectivity index (χ0n) is 5.93. The second-order valence-electron chi connectivity index (χ2n) is 2.19.